The Labute approximate surface area is 112 Å². The van der Waals surface area contributed by atoms with Crippen molar-refractivity contribution < 1.29 is 19.5 Å². The van der Waals surface area contributed by atoms with E-state index in [1.54, 1.807) is 14.1 Å². The molecule has 0 atom stereocenters. The van der Waals surface area contributed by atoms with E-state index in [2.05, 4.69) is 31.0 Å². The molecule has 0 spiro atoms. The maximum atomic E-state index is 4.71. The normalized spacial score (nSPS) is 12.9. The first-order valence-corrected chi connectivity index (χ1v) is 4.36. The molecule has 0 amide bonds. The molecule has 0 saturated heterocycles. The van der Waals surface area contributed by atoms with Gasteiger partial charge in [0.2, 0.25) is 0 Å². The quantitative estimate of drug-likeness (QED) is 0.235. The van der Waals surface area contributed by atoms with E-state index < -0.39 is 0 Å². The van der Waals surface area contributed by atoms with Crippen molar-refractivity contribution in [2.45, 2.75) is 0 Å². The number of rotatable bonds is 3. The summed E-state index contributed by atoms with van der Waals surface area (Å²) < 4.78 is 0. The van der Waals surface area contributed by atoms with Gasteiger partial charge in [-0.1, -0.05) is 0 Å². The van der Waals surface area contributed by atoms with Crippen LogP contribution in [-0.4, -0.2) is 36.9 Å². The molecule has 0 rings (SSSR count). The molecule has 0 aliphatic heterocycles. The molecule has 9 heteroatoms. The van der Waals surface area contributed by atoms with Crippen LogP contribution in [0.15, 0.2) is 20.2 Å². The molecule has 0 aliphatic rings. The van der Waals surface area contributed by atoms with Crippen LogP contribution in [0.25, 0.3) is 0 Å². The van der Waals surface area contributed by atoms with Gasteiger partial charge in [-0.05, 0) is 10.3 Å². The molecule has 0 saturated carbocycles. The number of nitrogens with zero attached hydrogens (tertiary/aromatic N) is 4. The van der Waals surface area contributed by atoms with Crippen LogP contribution in [0.5, 0.6) is 0 Å². The van der Waals surface area contributed by atoms with E-state index in [9.17, 15) is 0 Å². The zero-order valence-electron chi connectivity index (χ0n) is 8.47. The summed E-state index contributed by atoms with van der Waals surface area (Å²) >= 11 is 9.41. The fourth-order valence-corrected chi connectivity index (χ4v) is 0.457. The Bertz CT molecular complexity index is 247. The summed E-state index contributed by atoms with van der Waals surface area (Å²) in [5, 5.41) is 8.00. The van der Waals surface area contributed by atoms with Crippen molar-refractivity contribution in [1.29, 1.82) is 0 Å². The summed E-state index contributed by atoms with van der Waals surface area (Å²) in [5.41, 5.74) is 4.99. The second kappa shape index (κ2) is 11.4. The van der Waals surface area contributed by atoms with Crippen LogP contribution in [0.3, 0.4) is 0 Å². The Kier molecular flexibility index (Phi) is 12.8. The van der Waals surface area contributed by atoms with E-state index in [0.29, 0.717) is 10.3 Å². The molecule has 0 unspecified atom stereocenters. The minimum Gasteiger partial charge on any atom is -0.741 e. The van der Waals surface area contributed by atoms with Gasteiger partial charge in [-0.2, -0.15) is 10.2 Å². The Morgan fingerprint density at radius 2 is 1.27 bits per heavy atom. The van der Waals surface area contributed by atoms with E-state index in [1.807, 2.05) is 0 Å². The topological polar surface area (TPSA) is 73.5 Å². The average molecular weight is 296 g/mol. The largest absolute Gasteiger partial charge is 2.00 e. The van der Waals surface area contributed by atoms with Crippen LogP contribution < -0.4 is 10.9 Å². The summed E-state index contributed by atoms with van der Waals surface area (Å²) in [6, 6.07) is 0. The molecule has 0 aromatic carbocycles. The summed E-state index contributed by atoms with van der Waals surface area (Å²) in [4.78, 5) is 7.32. The molecule has 15 heavy (non-hydrogen) atoms. The predicted octanol–water partition coefficient (Wildman–Crippen LogP) is -0.800. The van der Waals surface area contributed by atoms with Gasteiger partial charge in [-0.15, -0.1) is 0 Å². The third-order valence-corrected chi connectivity index (χ3v) is 1.49. The van der Waals surface area contributed by atoms with E-state index in [-0.39, 0.29) is 19.5 Å². The van der Waals surface area contributed by atoms with Gasteiger partial charge < -0.3 is 25.3 Å². The fraction of sp³-hybridized carbons (Fsp3) is 0.333. The summed E-state index contributed by atoms with van der Waals surface area (Å²) in [7, 11) is 3.14. The van der Waals surface area contributed by atoms with Gasteiger partial charge in [-0.25, -0.2) is 0 Å². The van der Waals surface area contributed by atoms with Crippen molar-refractivity contribution in [3.8, 4) is 0 Å². The SMILES string of the molecule is CN=C([S-])N/N=C/C=N/NC([S-])=NC.[Zn+2]. The fourth-order valence-electron chi connectivity index (χ4n) is 0.352. The first-order chi connectivity index (χ1) is 6.70. The first-order valence-electron chi connectivity index (χ1n) is 3.55. The molecule has 0 fully saturated rings. The van der Waals surface area contributed by atoms with Gasteiger partial charge in [0.25, 0.3) is 0 Å². The number of aliphatic imine (C=N–C) groups is 2. The predicted molar refractivity (Wildman–Crippen MR) is 64.7 cm³/mol. The molecule has 6 nitrogen and oxygen atoms in total. The summed E-state index contributed by atoms with van der Waals surface area (Å²) in [6.07, 6.45) is 2.81. The third-order valence-electron chi connectivity index (χ3n) is 0.942. The smallest absolute Gasteiger partial charge is 0.741 e. The standard InChI is InChI=1S/C6H12N6S2.Zn/c1-7-5(13)11-9-3-4-10-12-6(14)8-2;/h3-4H,1-2H3,(H2,7,11,13)(H2,8,12,14);/q;+2/p-2/b9-3+,10-4+;. The second-order valence-corrected chi connectivity index (χ2v) is 2.61. The maximum absolute atomic E-state index is 4.71. The number of hydrogen-bond acceptors (Lipinski definition) is 6. The van der Waals surface area contributed by atoms with Crippen LogP contribution in [0, 0.1) is 0 Å². The monoisotopic (exact) mass is 294 g/mol. The average Bonchev–Trinajstić information content (AvgIpc) is 2.22. The molecular weight excluding hydrogens is 286 g/mol. The molecule has 0 radical (unpaired) electrons. The zero-order valence-corrected chi connectivity index (χ0v) is 13.1. The minimum atomic E-state index is 0. The zero-order chi connectivity index (χ0) is 10.8. The second-order valence-electron chi connectivity index (χ2n) is 1.84. The van der Waals surface area contributed by atoms with Gasteiger partial charge >= 0.3 is 19.5 Å². The van der Waals surface area contributed by atoms with Gasteiger partial charge in [-0.3, -0.25) is 20.8 Å². The van der Waals surface area contributed by atoms with Crippen molar-refractivity contribution in [2.24, 2.45) is 20.2 Å². The number of nitrogens with one attached hydrogen (secondary N) is 2. The molecule has 0 heterocycles. The number of amidine groups is 2. The molecule has 0 bridgehead atoms. The Morgan fingerprint density at radius 1 is 0.933 bits per heavy atom. The van der Waals surface area contributed by atoms with E-state index in [1.165, 1.54) is 12.4 Å². The summed E-state index contributed by atoms with van der Waals surface area (Å²) in [5.74, 6) is 0. The van der Waals surface area contributed by atoms with Crippen LogP contribution in [0.2, 0.25) is 0 Å². The first kappa shape index (κ1) is 16.8. The Morgan fingerprint density at radius 3 is 1.53 bits per heavy atom. The van der Waals surface area contributed by atoms with Crippen LogP contribution >= 0.6 is 0 Å². The minimum absolute atomic E-state index is 0. The summed E-state index contributed by atoms with van der Waals surface area (Å²) in [6.45, 7) is 0. The van der Waals surface area contributed by atoms with Gasteiger partial charge in [0.1, 0.15) is 0 Å². The Hall–Kier alpha value is -0.657. The van der Waals surface area contributed by atoms with Gasteiger partial charge in [0.05, 0.1) is 12.4 Å². The molecule has 0 aromatic rings. The molecule has 0 aromatic heterocycles. The van der Waals surface area contributed by atoms with Gasteiger partial charge in [0.15, 0.2) is 0 Å². The van der Waals surface area contributed by atoms with Crippen molar-refractivity contribution in [3.63, 3.8) is 0 Å². The van der Waals surface area contributed by atoms with Crippen molar-refractivity contribution >= 4 is 48.0 Å². The van der Waals surface area contributed by atoms with Crippen LogP contribution in [0.4, 0.5) is 0 Å². The van der Waals surface area contributed by atoms with Crippen LogP contribution in [-0.2, 0) is 44.7 Å². The number of hydrazone groups is 2. The van der Waals surface area contributed by atoms with E-state index in [0.717, 1.165) is 0 Å². The van der Waals surface area contributed by atoms with Crippen LogP contribution in [0.1, 0.15) is 0 Å². The molecule has 2 N–H and O–H groups in total. The third kappa shape index (κ3) is 11.3. The van der Waals surface area contributed by atoms with Crippen molar-refractivity contribution in [3.05, 3.63) is 0 Å². The van der Waals surface area contributed by atoms with E-state index in [4.69, 9.17) is 25.3 Å². The van der Waals surface area contributed by atoms with E-state index >= 15 is 0 Å². The maximum Gasteiger partial charge on any atom is 2.00 e. The molecular formula is C6H10N6S2Zn. The van der Waals surface area contributed by atoms with Gasteiger partial charge in [0, 0.05) is 14.1 Å². The van der Waals surface area contributed by atoms with Crippen molar-refractivity contribution in [1.82, 2.24) is 10.9 Å². The number of hydrogen-bond donors (Lipinski definition) is 2. The van der Waals surface area contributed by atoms with Crippen molar-refractivity contribution in [2.75, 3.05) is 14.1 Å². The molecule has 78 valence electrons. The Balaban J connectivity index is 0. The molecule has 0 aliphatic carbocycles.